The highest BCUT2D eigenvalue weighted by atomic mass is 16.6. The van der Waals surface area contributed by atoms with Crippen LogP contribution in [-0.2, 0) is 16.0 Å². The van der Waals surface area contributed by atoms with E-state index in [1.807, 2.05) is 56.4 Å². The number of aromatic nitrogens is 1. The molecule has 0 saturated heterocycles. The van der Waals surface area contributed by atoms with Crippen LogP contribution in [0.25, 0.3) is 10.9 Å². The number of esters is 1. The lowest BCUT2D eigenvalue weighted by atomic mass is 10.1. The summed E-state index contributed by atoms with van der Waals surface area (Å²) in [5.74, 6) is 0.559. The molecule has 0 bridgehead atoms. The van der Waals surface area contributed by atoms with Gasteiger partial charge in [0.15, 0.2) is 0 Å². The first-order chi connectivity index (χ1) is 11.6. The molecule has 1 heterocycles. The van der Waals surface area contributed by atoms with Crippen molar-refractivity contribution in [3.05, 3.63) is 65.4 Å². The van der Waals surface area contributed by atoms with Crippen molar-refractivity contribution in [2.75, 3.05) is 13.2 Å². The van der Waals surface area contributed by atoms with Crippen molar-refractivity contribution in [2.24, 2.45) is 0 Å². The van der Waals surface area contributed by atoms with Crippen LogP contribution in [0.4, 0.5) is 0 Å². The molecule has 124 valence electrons. The summed E-state index contributed by atoms with van der Waals surface area (Å²) in [6.07, 6.45) is 2.12. The lowest BCUT2D eigenvalue weighted by Gasteiger charge is -2.09. The monoisotopic (exact) mass is 323 g/mol. The number of ether oxygens (including phenoxy) is 2. The van der Waals surface area contributed by atoms with Gasteiger partial charge in [0.25, 0.3) is 0 Å². The predicted molar refractivity (Wildman–Crippen MR) is 94.4 cm³/mol. The van der Waals surface area contributed by atoms with E-state index in [9.17, 15) is 4.79 Å². The fraction of sp³-hybridized carbons (Fsp3) is 0.250. The molecule has 0 aliphatic carbocycles. The number of fused-ring (bicyclic) bond motifs is 1. The summed E-state index contributed by atoms with van der Waals surface area (Å²) in [5.41, 5.74) is 4.28. The molecule has 0 atom stereocenters. The van der Waals surface area contributed by atoms with Gasteiger partial charge in [0.1, 0.15) is 19.0 Å². The fourth-order valence-electron chi connectivity index (χ4n) is 2.82. The van der Waals surface area contributed by atoms with Gasteiger partial charge in [-0.25, -0.2) is 0 Å². The number of carbonyl (C=O) groups is 1. The lowest BCUT2D eigenvalue weighted by molar-refractivity contribution is -0.143. The molecule has 4 heteroatoms. The third-order valence-electron chi connectivity index (χ3n) is 3.82. The number of carbonyl (C=O) groups excluding carboxylic acids is 1. The highest BCUT2D eigenvalue weighted by Crippen LogP contribution is 2.18. The molecule has 24 heavy (non-hydrogen) atoms. The molecule has 2 aromatic carbocycles. The van der Waals surface area contributed by atoms with Crippen LogP contribution in [0.2, 0.25) is 0 Å². The second kappa shape index (κ2) is 7.21. The zero-order chi connectivity index (χ0) is 16.9. The molecule has 0 spiro atoms. The van der Waals surface area contributed by atoms with E-state index in [4.69, 9.17) is 9.47 Å². The van der Waals surface area contributed by atoms with Gasteiger partial charge in [0.2, 0.25) is 0 Å². The largest absolute Gasteiger partial charge is 0.490 e. The molecule has 3 rings (SSSR count). The smallest absolute Gasteiger partial charge is 0.310 e. The predicted octanol–water partition coefficient (Wildman–Crippen LogP) is 3.95. The standard InChI is InChI=1S/C20H21NO3/c1-14-9-15(2)11-17(10-14)23-7-8-24-20(22)12-16-13-21-19-6-4-3-5-18(16)19/h3-6,9-11,13,21H,7-8,12H2,1-2H3. The number of nitrogens with one attached hydrogen (secondary N) is 1. The van der Waals surface area contributed by atoms with E-state index in [0.29, 0.717) is 6.61 Å². The van der Waals surface area contributed by atoms with Gasteiger partial charge in [-0.05, 0) is 48.7 Å². The number of aryl methyl sites for hydroxylation is 2. The molecule has 1 aromatic heterocycles. The molecule has 4 nitrogen and oxygen atoms in total. The van der Waals surface area contributed by atoms with E-state index >= 15 is 0 Å². The SMILES string of the molecule is Cc1cc(C)cc(OCCOC(=O)Cc2c[nH]c3ccccc23)c1. The third-order valence-corrected chi connectivity index (χ3v) is 3.82. The van der Waals surface area contributed by atoms with Crippen LogP contribution in [0.5, 0.6) is 5.75 Å². The van der Waals surface area contributed by atoms with Crippen LogP contribution in [0.1, 0.15) is 16.7 Å². The Bertz CT molecular complexity index is 831. The van der Waals surface area contributed by atoms with Crippen molar-refractivity contribution < 1.29 is 14.3 Å². The number of rotatable bonds is 6. The summed E-state index contributed by atoms with van der Waals surface area (Å²) < 4.78 is 10.9. The Labute approximate surface area is 141 Å². The Morgan fingerprint density at radius 1 is 1.04 bits per heavy atom. The van der Waals surface area contributed by atoms with Crippen LogP contribution < -0.4 is 4.74 Å². The topological polar surface area (TPSA) is 51.3 Å². The molecule has 0 saturated carbocycles. The van der Waals surface area contributed by atoms with E-state index in [2.05, 4.69) is 11.1 Å². The number of benzene rings is 2. The molecule has 0 radical (unpaired) electrons. The average Bonchev–Trinajstić information content (AvgIpc) is 2.94. The summed E-state index contributed by atoms with van der Waals surface area (Å²) in [7, 11) is 0. The summed E-state index contributed by atoms with van der Waals surface area (Å²) in [6.45, 7) is 4.65. The summed E-state index contributed by atoms with van der Waals surface area (Å²) in [4.78, 5) is 15.1. The van der Waals surface area contributed by atoms with Crippen molar-refractivity contribution in [1.82, 2.24) is 4.98 Å². The van der Waals surface area contributed by atoms with Crippen LogP contribution >= 0.6 is 0 Å². The summed E-state index contributed by atoms with van der Waals surface area (Å²) in [6, 6.07) is 13.9. The maximum absolute atomic E-state index is 12.0. The van der Waals surface area contributed by atoms with Gasteiger partial charge >= 0.3 is 5.97 Å². The van der Waals surface area contributed by atoms with Crippen LogP contribution in [0, 0.1) is 13.8 Å². The van der Waals surface area contributed by atoms with Gasteiger partial charge in [-0.2, -0.15) is 0 Å². The van der Waals surface area contributed by atoms with E-state index in [0.717, 1.165) is 33.3 Å². The Kier molecular flexibility index (Phi) is 4.85. The van der Waals surface area contributed by atoms with E-state index in [1.54, 1.807) is 0 Å². The van der Waals surface area contributed by atoms with Crippen molar-refractivity contribution >= 4 is 16.9 Å². The maximum atomic E-state index is 12.0. The number of hydrogen-bond donors (Lipinski definition) is 1. The van der Waals surface area contributed by atoms with Crippen LogP contribution in [0.3, 0.4) is 0 Å². The minimum atomic E-state index is -0.247. The third kappa shape index (κ3) is 3.96. The molecule has 1 N–H and O–H groups in total. The van der Waals surface area contributed by atoms with Gasteiger partial charge in [-0.15, -0.1) is 0 Å². The zero-order valence-corrected chi connectivity index (χ0v) is 14.0. The van der Waals surface area contributed by atoms with Gasteiger partial charge in [0, 0.05) is 17.1 Å². The van der Waals surface area contributed by atoms with E-state index < -0.39 is 0 Å². The van der Waals surface area contributed by atoms with Crippen molar-refractivity contribution in [1.29, 1.82) is 0 Å². The van der Waals surface area contributed by atoms with E-state index in [1.165, 1.54) is 0 Å². The molecule has 0 aliphatic heterocycles. The molecule has 0 aliphatic rings. The number of hydrogen-bond acceptors (Lipinski definition) is 3. The summed E-state index contributed by atoms with van der Waals surface area (Å²) >= 11 is 0. The second-order valence-electron chi connectivity index (χ2n) is 5.93. The molecule has 3 aromatic rings. The first kappa shape index (κ1) is 16.1. The zero-order valence-electron chi connectivity index (χ0n) is 14.0. The average molecular weight is 323 g/mol. The maximum Gasteiger partial charge on any atom is 0.310 e. The Morgan fingerprint density at radius 3 is 2.58 bits per heavy atom. The molecule has 0 fully saturated rings. The quantitative estimate of drug-likeness (QED) is 0.552. The Hall–Kier alpha value is -2.75. The van der Waals surface area contributed by atoms with Gasteiger partial charge in [-0.3, -0.25) is 4.79 Å². The first-order valence-electron chi connectivity index (χ1n) is 8.03. The normalized spacial score (nSPS) is 10.8. The lowest BCUT2D eigenvalue weighted by Crippen LogP contribution is -2.14. The van der Waals surface area contributed by atoms with Crippen molar-refractivity contribution in [3.8, 4) is 5.75 Å². The number of para-hydroxylation sites is 1. The highest BCUT2D eigenvalue weighted by Gasteiger charge is 2.09. The highest BCUT2D eigenvalue weighted by molar-refractivity contribution is 5.87. The van der Waals surface area contributed by atoms with Crippen LogP contribution in [-0.4, -0.2) is 24.2 Å². The summed E-state index contributed by atoms with van der Waals surface area (Å²) in [5, 5.41) is 1.06. The molecule has 0 unspecified atom stereocenters. The first-order valence-corrected chi connectivity index (χ1v) is 8.03. The fourth-order valence-corrected chi connectivity index (χ4v) is 2.82. The number of aromatic amines is 1. The minimum absolute atomic E-state index is 0.244. The molecular weight excluding hydrogens is 302 g/mol. The number of H-pyrrole nitrogens is 1. The van der Waals surface area contributed by atoms with Crippen molar-refractivity contribution in [2.45, 2.75) is 20.3 Å². The molecule has 0 amide bonds. The van der Waals surface area contributed by atoms with Crippen LogP contribution in [0.15, 0.2) is 48.7 Å². The van der Waals surface area contributed by atoms with E-state index in [-0.39, 0.29) is 19.0 Å². The van der Waals surface area contributed by atoms with Gasteiger partial charge in [-0.1, -0.05) is 24.3 Å². The van der Waals surface area contributed by atoms with Gasteiger partial charge in [0.05, 0.1) is 6.42 Å². The Morgan fingerprint density at radius 2 is 1.79 bits per heavy atom. The minimum Gasteiger partial charge on any atom is -0.490 e. The van der Waals surface area contributed by atoms with Crippen molar-refractivity contribution in [3.63, 3.8) is 0 Å². The van der Waals surface area contributed by atoms with Gasteiger partial charge < -0.3 is 14.5 Å². The Balaban J connectivity index is 1.47. The second-order valence-corrected chi connectivity index (χ2v) is 5.93. The molecular formula is C20H21NO3.